The van der Waals surface area contributed by atoms with Crippen LogP contribution in [-0.4, -0.2) is 21.9 Å². The van der Waals surface area contributed by atoms with Gasteiger partial charge in [0, 0.05) is 5.56 Å². The monoisotopic (exact) mass is 272 g/mol. The van der Waals surface area contributed by atoms with Crippen LogP contribution in [0.3, 0.4) is 0 Å². The molecule has 0 aromatic carbocycles. The van der Waals surface area contributed by atoms with E-state index in [0.717, 1.165) is 0 Å². The molecule has 0 aliphatic heterocycles. The second kappa shape index (κ2) is 5.39. The summed E-state index contributed by atoms with van der Waals surface area (Å²) >= 11 is 5.89. The summed E-state index contributed by atoms with van der Waals surface area (Å²) in [5.41, 5.74) is 5.56. The number of carbonyl (C=O) groups is 1. The van der Waals surface area contributed by atoms with Gasteiger partial charge in [0.1, 0.15) is 11.4 Å². The standard InChI is InChI=1S/C11H17ClN4O2/c1-6(14-10(17)18-11(2,3)4)7-5-8(13)15-16-9(7)12/h5-6H,1-4H3,(H2,13,15)(H,14,17). The Morgan fingerprint density at radius 1 is 1.50 bits per heavy atom. The van der Waals surface area contributed by atoms with Crippen molar-refractivity contribution in [3.8, 4) is 0 Å². The van der Waals surface area contributed by atoms with Gasteiger partial charge in [-0.1, -0.05) is 11.6 Å². The van der Waals surface area contributed by atoms with E-state index in [2.05, 4.69) is 15.5 Å². The molecule has 3 N–H and O–H groups in total. The minimum atomic E-state index is -0.552. The molecule has 1 heterocycles. The van der Waals surface area contributed by atoms with E-state index in [9.17, 15) is 4.79 Å². The molecule has 7 heteroatoms. The van der Waals surface area contributed by atoms with Crippen molar-refractivity contribution in [1.29, 1.82) is 0 Å². The van der Waals surface area contributed by atoms with Crippen LogP contribution in [0.4, 0.5) is 10.6 Å². The Balaban J connectivity index is 2.73. The smallest absolute Gasteiger partial charge is 0.408 e. The number of rotatable bonds is 2. The topological polar surface area (TPSA) is 90.1 Å². The Labute approximate surface area is 111 Å². The molecular formula is C11H17ClN4O2. The Morgan fingerprint density at radius 2 is 2.11 bits per heavy atom. The van der Waals surface area contributed by atoms with Gasteiger partial charge < -0.3 is 15.8 Å². The van der Waals surface area contributed by atoms with Gasteiger partial charge in [-0.3, -0.25) is 0 Å². The number of aromatic nitrogens is 2. The summed E-state index contributed by atoms with van der Waals surface area (Å²) in [6, 6.07) is 1.20. The molecule has 0 bridgehead atoms. The molecule has 1 atom stereocenters. The van der Waals surface area contributed by atoms with Gasteiger partial charge in [0.2, 0.25) is 0 Å². The number of anilines is 1. The third-order valence-electron chi connectivity index (χ3n) is 1.99. The average molecular weight is 273 g/mol. The molecule has 0 radical (unpaired) electrons. The Hall–Kier alpha value is -1.56. The van der Waals surface area contributed by atoms with E-state index in [0.29, 0.717) is 5.56 Å². The first-order valence-corrected chi connectivity index (χ1v) is 5.85. The van der Waals surface area contributed by atoms with Crippen molar-refractivity contribution >= 4 is 23.5 Å². The Kier molecular flexibility index (Phi) is 4.34. The van der Waals surface area contributed by atoms with E-state index in [-0.39, 0.29) is 17.0 Å². The zero-order valence-electron chi connectivity index (χ0n) is 10.8. The molecule has 0 saturated heterocycles. The maximum absolute atomic E-state index is 11.6. The first kappa shape index (κ1) is 14.5. The number of carbonyl (C=O) groups excluding carboxylic acids is 1. The highest BCUT2D eigenvalue weighted by Gasteiger charge is 2.20. The largest absolute Gasteiger partial charge is 0.444 e. The molecule has 0 saturated carbocycles. The third-order valence-corrected chi connectivity index (χ3v) is 2.29. The van der Waals surface area contributed by atoms with Gasteiger partial charge in [0.05, 0.1) is 6.04 Å². The lowest BCUT2D eigenvalue weighted by Crippen LogP contribution is -2.34. The minimum Gasteiger partial charge on any atom is -0.444 e. The van der Waals surface area contributed by atoms with E-state index in [1.54, 1.807) is 33.8 Å². The van der Waals surface area contributed by atoms with Crippen molar-refractivity contribution in [3.63, 3.8) is 0 Å². The Bertz CT molecular complexity index is 445. The molecule has 0 aliphatic rings. The predicted octanol–water partition coefficient (Wildman–Crippen LogP) is 2.30. The molecule has 100 valence electrons. The number of ether oxygens (including phenoxy) is 1. The second-order valence-electron chi connectivity index (χ2n) is 4.88. The zero-order chi connectivity index (χ0) is 13.9. The van der Waals surface area contributed by atoms with Crippen molar-refractivity contribution in [1.82, 2.24) is 15.5 Å². The maximum atomic E-state index is 11.6. The maximum Gasteiger partial charge on any atom is 0.408 e. The van der Waals surface area contributed by atoms with Crippen LogP contribution in [0.1, 0.15) is 39.3 Å². The lowest BCUT2D eigenvalue weighted by Gasteiger charge is -2.22. The molecule has 1 aromatic heterocycles. The van der Waals surface area contributed by atoms with Crippen LogP contribution in [0.15, 0.2) is 6.07 Å². The summed E-state index contributed by atoms with van der Waals surface area (Å²) in [6.45, 7) is 7.12. The van der Waals surface area contributed by atoms with Crippen LogP contribution in [0, 0.1) is 0 Å². The fraction of sp³-hybridized carbons (Fsp3) is 0.545. The van der Waals surface area contributed by atoms with Crippen LogP contribution in [0.5, 0.6) is 0 Å². The van der Waals surface area contributed by atoms with Gasteiger partial charge in [0.25, 0.3) is 0 Å². The molecule has 6 nitrogen and oxygen atoms in total. The second-order valence-corrected chi connectivity index (χ2v) is 5.24. The van der Waals surface area contributed by atoms with E-state index in [1.165, 1.54) is 0 Å². The van der Waals surface area contributed by atoms with E-state index < -0.39 is 11.7 Å². The van der Waals surface area contributed by atoms with Crippen LogP contribution in [-0.2, 0) is 4.74 Å². The fourth-order valence-electron chi connectivity index (χ4n) is 1.27. The highest BCUT2D eigenvalue weighted by Crippen LogP contribution is 2.21. The van der Waals surface area contributed by atoms with Crippen molar-refractivity contribution in [3.05, 3.63) is 16.8 Å². The number of nitrogens with two attached hydrogens (primary N) is 1. The summed E-state index contributed by atoms with van der Waals surface area (Å²) in [6.07, 6.45) is -0.526. The van der Waals surface area contributed by atoms with Gasteiger partial charge in [-0.05, 0) is 33.8 Å². The molecule has 0 aliphatic carbocycles. The average Bonchev–Trinajstić information content (AvgIpc) is 2.18. The van der Waals surface area contributed by atoms with Crippen LogP contribution in [0.2, 0.25) is 5.15 Å². The normalized spacial score (nSPS) is 12.9. The number of nitrogens with zero attached hydrogens (tertiary/aromatic N) is 2. The third kappa shape index (κ3) is 4.37. The number of alkyl carbamates (subject to hydrolysis) is 1. The molecular weight excluding hydrogens is 256 g/mol. The predicted molar refractivity (Wildman–Crippen MR) is 69.2 cm³/mol. The van der Waals surface area contributed by atoms with Crippen molar-refractivity contribution in [2.45, 2.75) is 39.3 Å². The van der Waals surface area contributed by atoms with Crippen LogP contribution >= 0.6 is 11.6 Å². The van der Waals surface area contributed by atoms with Crippen molar-refractivity contribution in [2.24, 2.45) is 0 Å². The van der Waals surface area contributed by atoms with Gasteiger partial charge in [0.15, 0.2) is 5.15 Å². The summed E-state index contributed by atoms with van der Waals surface area (Å²) in [5.74, 6) is 0.243. The number of halogens is 1. The lowest BCUT2D eigenvalue weighted by atomic mass is 10.1. The Morgan fingerprint density at radius 3 is 2.67 bits per heavy atom. The fourth-order valence-corrected chi connectivity index (χ4v) is 1.53. The molecule has 1 amide bonds. The lowest BCUT2D eigenvalue weighted by molar-refractivity contribution is 0.0508. The van der Waals surface area contributed by atoms with Crippen LogP contribution < -0.4 is 11.1 Å². The van der Waals surface area contributed by atoms with E-state index in [4.69, 9.17) is 22.1 Å². The van der Waals surface area contributed by atoms with Gasteiger partial charge >= 0.3 is 6.09 Å². The van der Waals surface area contributed by atoms with Gasteiger partial charge in [-0.2, -0.15) is 0 Å². The number of hydrogen-bond donors (Lipinski definition) is 2. The van der Waals surface area contributed by atoms with Crippen molar-refractivity contribution < 1.29 is 9.53 Å². The molecule has 1 rings (SSSR count). The number of nitrogens with one attached hydrogen (secondary N) is 1. The highest BCUT2D eigenvalue weighted by molar-refractivity contribution is 6.30. The van der Waals surface area contributed by atoms with Crippen LogP contribution in [0.25, 0.3) is 0 Å². The van der Waals surface area contributed by atoms with Gasteiger partial charge in [-0.25, -0.2) is 4.79 Å². The van der Waals surface area contributed by atoms with Gasteiger partial charge in [-0.15, -0.1) is 10.2 Å². The van der Waals surface area contributed by atoms with E-state index >= 15 is 0 Å². The minimum absolute atomic E-state index is 0.202. The summed E-state index contributed by atoms with van der Waals surface area (Å²) in [4.78, 5) is 11.6. The summed E-state index contributed by atoms with van der Waals surface area (Å²) in [5, 5.41) is 10.1. The first-order chi connectivity index (χ1) is 8.19. The van der Waals surface area contributed by atoms with Crippen molar-refractivity contribution in [2.75, 3.05) is 5.73 Å². The molecule has 1 aromatic rings. The quantitative estimate of drug-likeness (QED) is 0.862. The molecule has 18 heavy (non-hydrogen) atoms. The number of hydrogen-bond acceptors (Lipinski definition) is 5. The summed E-state index contributed by atoms with van der Waals surface area (Å²) in [7, 11) is 0. The highest BCUT2D eigenvalue weighted by atomic mass is 35.5. The molecule has 1 unspecified atom stereocenters. The SMILES string of the molecule is CC(NC(=O)OC(C)(C)C)c1cc(N)nnc1Cl. The first-order valence-electron chi connectivity index (χ1n) is 5.47. The molecule has 0 spiro atoms. The molecule has 0 fully saturated rings. The summed E-state index contributed by atoms with van der Waals surface area (Å²) < 4.78 is 5.14. The van der Waals surface area contributed by atoms with E-state index in [1.807, 2.05) is 0 Å². The number of nitrogen functional groups attached to an aromatic ring is 1. The number of amides is 1. The zero-order valence-corrected chi connectivity index (χ0v) is 11.6.